The highest BCUT2D eigenvalue weighted by Gasteiger charge is 2.18. The molecule has 0 aliphatic carbocycles. The Kier molecular flexibility index (Phi) is 6.57. The Morgan fingerprint density at radius 2 is 2.00 bits per heavy atom. The maximum absolute atomic E-state index is 11.7. The van der Waals surface area contributed by atoms with Crippen LogP contribution >= 0.6 is 0 Å². The van der Waals surface area contributed by atoms with Crippen molar-refractivity contribution in [2.45, 2.75) is 38.6 Å². The lowest BCUT2D eigenvalue weighted by Crippen LogP contribution is -2.45. The largest absolute Gasteiger partial charge is 0.357 e. The van der Waals surface area contributed by atoms with Crippen molar-refractivity contribution in [3.05, 3.63) is 30.1 Å². The second-order valence-corrected chi connectivity index (χ2v) is 4.34. The molecule has 19 heavy (non-hydrogen) atoms. The number of rotatable bonds is 7. The van der Waals surface area contributed by atoms with Crippen LogP contribution in [-0.4, -0.2) is 29.9 Å². The average Bonchev–Trinajstić information content (AvgIpc) is 2.46. The molecule has 1 unspecified atom stereocenters. The number of nitrogens with one attached hydrogen (secondary N) is 2. The number of amides is 2. The molecular weight excluding hydrogens is 242 g/mol. The molecule has 1 aromatic rings. The summed E-state index contributed by atoms with van der Waals surface area (Å²) in [5, 5.41) is 5.32. The summed E-state index contributed by atoms with van der Waals surface area (Å²) in [6.45, 7) is 1.77. The molecule has 0 saturated carbocycles. The van der Waals surface area contributed by atoms with Gasteiger partial charge in [-0.05, 0) is 37.0 Å². The van der Waals surface area contributed by atoms with E-state index in [4.69, 9.17) is 0 Å². The molecule has 104 valence electrons. The number of hydrogen-bond donors (Lipinski definition) is 2. The van der Waals surface area contributed by atoms with Crippen LogP contribution < -0.4 is 10.6 Å². The summed E-state index contributed by atoms with van der Waals surface area (Å²) in [7, 11) is 1.58. The summed E-state index contributed by atoms with van der Waals surface area (Å²) in [4.78, 5) is 27.0. The summed E-state index contributed by atoms with van der Waals surface area (Å²) in [5.74, 6) is -0.242. The molecule has 5 heteroatoms. The third-order valence-corrected chi connectivity index (χ3v) is 2.93. The summed E-state index contributed by atoms with van der Waals surface area (Å²) < 4.78 is 0. The summed E-state index contributed by atoms with van der Waals surface area (Å²) in [6.07, 6.45) is 6.24. The number of aryl methyl sites for hydroxylation is 1. The molecule has 1 aromatic heterocycles. The smallest absolute Gasteiger partial charge is 0.242 e. The molecule has 0 aliphatic heterocycles. The van der Waals surface area contributed by atoms with Crippen molar-refractivity contribution in [2.75, 3.05) is 7.05 Å². The number of carbonyl (C=O) groups is 2. The van der Waals surface area contributed by atoms with Gasteiger partial charge in [-0.1, -0.05) is 6.92 Å². The average molecular weight is 263 g/mol. The molecule has 0 radical (unpaired) electrons. The normalized spacial score (nSPS) is 11.7. The Hall–Kier alpha value is -1.91. The zero-order valence-electron chi connectivity index (χ0n) is 11.5. The van der Waals surface area contributed by atoms with Crippen LogP contribution in [0.1, 0.15) is 31.7 Å². The van der Waals surface area contributed by atoms with Crippen molar-refractivity contribution < 1.29 is 9.59 Å². The Morgan fingerprint density at radius 3 is 2.58 bits per heavy atom. The van der Waals surface area contributed by atoms with E-state index in [1.807, 2.05) is 12.1 Å². The minimum absolute atomic E-state index is 0.0995. The van der Waals surface area contributed by atoms with Gasteiger partial charge in [0.05, 0.1) is 0 Å². The van der Waals surface area contributed by atoms with E-state index in [1.165, 1.54) is 5.56 Å². The first-order valence-electron chi connectivity index (χ1n) is 6.57. The van der Waals surface area contributed by atoms with E-state index in [1.54, 1.807) is 26.4 Å². The Bertz CT molecular complexity index is 406. The summed E-state index contributed by atoms with van der Waals surface area (Å²) in [6, 6.07) is 3.47. The van der Waals surface area contributed by atoms with Gasteiger partial charge >= 0.3 is 0 Å². The minimum atomic E-state index is -0.445. The van der Waals surface area contributed by atoms with Crippen molar-refractivity contribution in [3.63, 3.8) is 0 Å². The van der Waals surface area contributed by atoms with E-state index in [0.717, 1.165) is 12.8 Å². The van der Waals surface area contributed by atoms with Crippen molar-refractivity contribution in [1.29, 1.82) is 0 Å². The molecule has 5 nitrogen and oxygen atoms in total. The third kappa shape index (κ3) is 5.50. The number of likely N-dealkylation sites (N-methyl/N-ethyl adjacent to an activating group) is 1. The minimum Gasteiger partial charge on any atom is -0.357 e. The zero-order valence-corrected chi connectivity index (χ0v) is 11.5. The Labute approximate surface area is 113 Å². The van der Waals surface area contributed by atoms with E-state index in [0.29, 0.717) is 12.8 Å². The first-order valence-corrected chi connectivity index (χ1v) is 6.57. The van der Waals surface area contributed by atoms with Crippen LogP contribution in [0, 0.1) is 0 Å². The van der Waals surface area contributed by atoms with Gasteiger partial charge in [-0.2, -0.15) is 0 Å². The molecule has 0 fully saturated rings. The van der Waals surface area contributed by atoms with E-state index < -0.39 is 6.04 Å². The second kappa shape index (κ2) is 8.24. The fraction of sp³-hybridized carbons (Fsp3) is 0.500. The van der Waals surface area contributed by atoms with Crippen LogP contribution in [-0.2, 0) is 16.0 Å². The zero-order chi connectivity index (χ0) is 14.1. The van der Waals surface area contributed by atoms with Gasteiger partial charge in [-0.15, -0.1) is 0 Å². The molecule has 0 spiro atoms. The second-order valence-electron chi connectivity index (χ2n) is 4.34. The standard InChI is InChI=1S/C14H21N3O2/c1-3-13(18)17-12(14(19)15-2)6-4-5-11-7-9-16-10-8-11/h7-10,12H,3-6H2,1-2H3,(H,15,19)(H,17,18). The maximum Gasteiger partial charge on any atom is 0.242 e. The molecule has 1 atom stereocenters. The number of nitrogens with zero attached hydrogens (tertiary/aromatic N) is 1. The highest BCUT2D eigenvalue weighted by atomic mass is 16.2. The molecule has 0 bridgehead atoms. The maximum atomic E-state index is 11.7. The van der Waals surface area contributed by atoms with Crippen LogP contribution in [0.2, 0.25) is 0 Å². The van der Waals surface area contributed by atoms with E-state index in [9.17, 15) is 9.59 Å². The molecule has 1 heterocycles. The van der Waals surface area contributed by atoms with E-state index >= 15 is 0 Å². The van der Waals surface area contributed by atoms with Gasteiger partial charge in [-0.25, -0.2) is 0 Å². The van der Waals surface area contributed by atoms with Gasteiger partial charge in [0.2, 0.25) is 11.8 Å². The van der Waals surface area contributed by atoms with Gasteiger partial charge in [0.1, 0.15) is 6.04 Å². The number of aromatic nitrogens is 1. The quantitative estimate of drug-likeness (QED) is 0.772. The van der Waals surface area contributed by atoms with Crippen LogP contribution in [0.3, 0.4) is 0 Å². The van der Waals surface area contributed by atoms with Crippen LogP contribution in [0.4, 0.5) is 0 Å². The first-order chi connectivity index (χ1) is 9.17. The fourth-order valence-electron chi connectivity index (χ4n) is 1.80. The van der Waals surface area contributed by atoms with Crippen molar-refractivity contribution in [3.8, 4) is 0 Å². The van der Waals surface area contributed by atoms with Gasteiger partial charge in [0.15, 0.2) is 0 Å². The Balaban J connectivity index is 2.44. The first kappa shape index (κ1) is 15.1. The monoisotopic (exact) mass is 263 g/mol. The van der Waals surface area contributed by atoms with Crippen LogP contribution in [0.25, 0.3) is 0 Å². The number of hydrogen-bond acceptors (Lipinski definition) is 3. The van der Waals surface area contributed by atoms with Crippen molar-refractivity contribution in [1.82, 2.24) is 15.6 Å². The van der Waals surface area contributed by atoms with Crippen molar-refractivity contribution in [2.24, 2.45) is 0 Å². The van der Waals surface area contributed by atoms with Gasteiger partial charge in [-0.3, -0.25) is 14.6 Å². The molecule has 0 saturated heterocycles. The summed E-state index contributed by atoms with van der Waals surface area (Å²) in [5.41, 5.74) is 1.19. The summed E-state index contributed by atoms with van der Waals surface area (Å²) >= 11 is 0. The molecule has 0 aromatic carbocycles. The fourth-order valence-corrected chi connectivity index (χ4v) is 1.80. The predicted octanol–water partition coefficient (Wildman–Crippen LogP) is 1.05. The van der Waals surface area contributed by atoms with Gasteiger partial charge in [0, 0.05) is 25.9 Å². The van der Waals surface area contributed by atoms with E-state index in [-0.39, 0.29) is 11.8 Å². The van der Waals surface area contributed by atoms with Crippen LogP contribution in [0.5, 0.6) is 0 Å². The number of carbonyl (C=O) groups excluding carboxylic acids is 2. The number of pyridine rings is 1. The Morgan fingerprint density at radius 1 is 1.32 bits per heavy atom. The van der Waals surface area contributed by atoms with Gasteiger partial charge < -0.3 is 10.6 Å². The van der Waals surface area contributed by atoms with E-state index in [2.05, 4.69) is 15.6 Å². The molecular formula is C14H21N3O2. The van der Waals surface area contributed by atoms with Gasteiger partial charge in [0.25, 0.3) is 0 Å². The SMILES string of the molecule is CCC(=O)NC(CCCc1ccncc1)C(=O)NC. The lowest BCUT2D eigenvalue weighted by Gasteiger charge is -2.16. The molecule has 0 aliphatic rings. The van der Waals surface area contributed by atoms with Crippen molar-refractivity contribution >= 4 is 11.8 Å². The lowest BCUT2D eigenvalue weighted by atomic mass is 10.0. The highest BCUT2D eigenvalue weighted by Crippen LogP contribution is 2.06. The highest BCUT2D eigenvalue weighted by molar-refractivity contribution is 5.87. The predicted molar refractivity (Wildman–Crippen MR) is 73.5 cm³/mol. The lowest BCUT2D eigenvalue weighted by molar-refractivity contribution is -0.128. The molecule has 2 N–H and O–H groups in total. The topological polar surface area (TPSA) is 71.1 Å². The van der Waals surface area contributed by atoms with Crippen LogP contribution in [0.15, 0.2) is 24.5 Å². The molecule has 1 rings (SSSR count). The molecule has 2 amide bonds. The third-order valence-electron chi connectivity index (χ3n) is 2.93.